The topological polar surface area (TPSA) is 71.3 Å². The molecule has 1 atom stereocenters. The Morgan fingerprint density at radius 2 is 2.10 bits per heavy atom. The maximum absolute atomic E-state index is 12.1. The SMILES string of the molecule is CCC(C)(NC(=O)Cn1ccc2ccc(Cl)cc21)C(=O)O. The quantitative estimate of drug-likeness (QED) is 0.892. The second-order valence-electron chi connectivity index (χ2n) is 5.19. The third kappa shape index (κ3) is 3.19. The highest BCUT2D eigenvalue weighted by molar-refractivity contribution is 6.31. The van der Waals surface area contributed by atoms with Gasteiger partial charge in [-0.15, -0.1) is 0 Å². The van der Waals surface area contributed by atoms with Crippen LogP contribution >= 0.6 is 11.6 Å². The number of hydrogen-bond acceptors (Lipinski definition) is 2. The van der Waals surface area contributed by atoms with E-state index in [2.05, 4.69) is 5.32 Å². The zero-order valence-electron chi connectivity index (χ0n) is 11.9. The van der Waals surface area contributed by atoms with Crippen LogP contribution in [0.25, 0.3) is 10.9 Å². The molecule has 1 unspecified atom stereocenters. The first kappa shape index (κ1) is 15.4. The number of fused-ring (bicyclic) bond motifs is 1. The van der Waals surface area contributed by atoms with Gasteiger partial charge < -0.3 is 15.0 Å². The molecule has 2 N–H and O–H groups in total. The summed E-state index contributed by atoms with van der Waals surface area (Å²) in [6, 6.07) is 7.32. The molecule has 0 radical (unpaired) electrons. The van der Waals surface area contributed by atoms with Crippen LogP contribution in [0.5, 0.6) is 0 Å². The van der Waals surface area contributed by atoms with Gasteiger partial charge in [-0.2, -0.15) is 0 Å². The lowest BCUT2D eigenvalue weighted by Crippen LogP contribution is -2.52. The first-order valence-corrected chi connectivity index (χ1v) is 7.02. The molecule has 1 aromatic carbocycles. The molecular weight excluding hydrogens is 292 g/mol. The Bertz CT molecular complexity index is 695. The van der Waals surface area contributed by atoms with Crippen molar-refractivity contribution in [3.05, 3.63) is 35.5 Å². The van der Waals surface area contributed by atoms with Gasteiger partial charge in [-0.05, 0) is 36.9 Å². The minimum absolute atomic E-state index is 0.0483. The molecule has 0 saturated heterocycles. The summed E-state index contributed by atoms with van der Waals surface area (Å²) in [7, 11) is 0. The maximum atomic E-state index is 12.1. The van der Waals surface area contributed by atoms with Gasteiger partial charge in [0.05, 0.1) is 0 Å². The van der Waals surface area contributed by atoms with E-state index in [1.807, 2.05) is 12.1 Å². The Kier molecular flexibility index (Phi) is 4.23. The van der Waals surface area contributed by atoms with Gasteiger partial charge in [-0.3, -0.25) is 4.79 Å². The average Bonchev–Trinajstić information content (AvgIpc) is 2.80. The third-order valence-electron chi connectivity index (χ3n) is 3.64. The number of nitrogens with zero attached hydrogens (tertiary/aromatic N) is 1. The Balaban J connectivity index is 2.18. The molecule has 0 bridgehead atoms. The van der Waals surface area contributed by atoms with Crippen LogP contribution in [0.15, 0.2) is 30.5 Å². The summed E-state index contributed by atoms with van der Waals surface area (Å²) in [4.78, 5) is 23.3. The van der Waals surface area contributed by atoms with Crippen molar-refractivity contribution in [1.29, 1.82) is 0 Å². The molecule has 6 heteroatoms. The lowest BCUT2D eigenvalue weighted by atomic mass is 9.99. The predicted molar refractivity (Wildman–Crippen MR) is 81.4 cm³/mol. The fraction of sp³-hybridized carbons (Fsp3) is 0.333. The van der Waals surface area contributed by atoms with E-state index in [1.165, 1.54) is 6.92 Å². The second-order valence-corrected chi connectivity index (χ2v) is 5.62. The summed E-state index contributed by atoms with van der Waals surface area (Å²) in [5, 5.41) is 13.3. The maximum Gasteiger partial charge on any atom is 0.329 e. The van der Waals surface area contributed by atoms with Crippen molar-refractivity contribution in [2.75, 3.05) is 0 Å². The Labute approximate surface area is 127 Å². The van der Waals surface area contributed by atoms with Crippen LogP contribution in [-0.4, -0.2) is 27.1 Å². The van der Waals surface area contributed by atoms with Crippen LogP contribution in [0.3, 0.4) is 0 Å². The van der Waals surface area contributed by atoms with Gasteiger partial charge in [0.15, 0.2) is 0 Å². The summed E-state index contributed by atoms with van der Waals surface area (Å²) in [5.74, 6) is -1.39. The monoisotopic (exact) mass is 308 g/mol. The molecule has 1 amide bonds. The van der Waals surface area contributed by atoms with Crippen LogP contribution in [0, 0.1) is 0 Å². The van der Waals surface area contributed by atoms with Crippen molar-refractivity contribution in [3.8, 4) is 0 Å². The summed E-state index contributed by atoms with van der Waals surface area (Å²) >= 11 is 5.96. The van der Waals surface area contributed by atoms with Crippen molar-refractivity contribution in [3.63, 3.8) is 0 Å². The van der Waals surface area contributed by atoms with Gasteiger partial charge in [-0.1, -0.05) is 24.6 Å². The van der Waals surface area contributed by atoms with E-state index >= 15 is 0 Å². The molecule has 0 saturated carbocycles. The fourth-order valence-electron chi connectivity index (χ4n) is 2.09. The number of rotatable bonds is 5. The normalized spacial score (nSPS) is 13.9. The Morgan fingerprint density at radius 1 is 1.38 bits per heavy atom. The minimum Gasteiger partial charge on any atom is -0.480 e. The van der Waals surface area contributed by atoms with Crippen LogP contribution in [0.2, 0.25) is 5.02 Å². The molecule has 0 fully saturated rings. The van der Waals surface area contributed by atoms with Gasteiger partial charge in [0.25, 0.3) is 0 Å². The average molecular weight is 309 g/mol. The molecule has 21 heavy (non-hydrogen) atoms. The van der Waals surface area contributed by atoms with Crippen LogP contribution in [0.1, 0.15) is 20.3 Å². The number of aromatic nitrogens is 1. The van der Waals surface area contributed by atoms with Crippen LogP contribution in [0.4, 0.5) is 0 Å². The largest absolute Gasteiger partial charge is 0.480 e. The van der Waals surface area contributed by atoms with Crippen molar-refractivity contribution in [2.45, 2.75) is 32.4 Å². The molecule has 112 valence electrons. The minimum atomic E-state index is -1.25. The number of carbonyl (C=O) groups is 2. The van der Waals surface area contributed by atoms with Crippen LogP contribution < -0.4 is 5.32 Å². The lowest BCUT2D eigenvalue weighted by molar-refractivity contribution is -0.147. The third-order valence-corrected chi connectivity index (χ3v) is 3.88. The van der Waals surface area contributed by atoms with Crippen LogP contribution in [-0.2, 0) is 16.1 Å². The summed E-state index contributed by atoms with van der Waals surface area (Å²) in [5.41, 5.74) is -0.413. The van der Waals surface area contributed by atoms with E-state index in [-0.39, 0.29) is 12.5 Å². The number of amides is 1. The number of aliphatic carboxylic acids is 1. The molecule has 2 aromatic rings. The van der Waals surface area contributed by atoms with E-state index < -0.39 is 11.5 Å². The highest BCUT2D eigenvalue weighted by atomic mass is 35.5. The molecule has 0 aliphatic carbocycles. The van der Waals surface area contributed by atoms with E-state index in [0.29, 0.717) is 11.4 Å². The number of hydrogen-bond donors (Lipinski definition) is 2. The molecular formula is C15H17ClN2O3. The highest BCUT2D eigenvalue weighted by Crippen LogP contribution is 2.20. The number of carboxylic acids is 1. The van der Waals surface area contributed by atoms with Gasteiger partial charge in [0.2, 0.25) is 5.91 Å². The van der Waals surface area contributed by atoms with Crippen molar-refractivity contribution < 1.29 is 14.7 Å². The first-order chi connectivity index (χ1) is 9.85. The number of benzene rings is 1. The zero-order chi connectivity index (χ0) is 15.6. The van der Waals surface area contributed by atoms with E-state index in [0.717, 1.165) is 10.9 Å². The number of halogens is 1. The zero-order valence-corrected chi connectivity index (χ0v) is 12.6. The fourth-order valence-corrected chi connectivity index (χ4v) is 2.26. The standard InChI is InChI=1S/C15H17ClN2O3/c1-3-15(2,14(20)21)17-13(19)9-18-7-6-10-4-5-11(16)8-12(10)18/h4-8H,3,9H2,1-2H3,(H,17,19)(H,20,21). The summed E-state index contributed by atoms with van der Waals surface area (Å²) in [6.07, 6.45) is 2.09. The molecule has 2 rings (SSSR count). The molecule has 1 heterocycles. The predicted octanol–water partition coefficient (Wildman–Crippen LogP) is 2.66. The van der Waals surface area contributed by atoms with E-state index in [1.54, 1.807) is 29.8 Å². The van der Waals surface area contributed by atoms with Gasteiger partial charge in [0, 0.05) is 16.7 Å². The highest BCUT2D eigenvalue weighted by Gasteiger charge is 2.32. The smallest absolute Gasteiger partial charge is 0.329 e. The van der Waals surface area contributed by atoms with E-state index in [4.69, 9.17) is 11.6 Å². The van der Waals surface area contributed by atoms with E-state index in [9.17, 15) is 14.7 Å². The summed E-state index contributed by atoms with van der Waals surface area (Å²) < 4.78 is 1.74. The molecule has 0 spiro atoms. The van der Waals surface area contributed by atoms with Gasteiger partial charge in [0.1, 0.15) is 12.1 Å². The van der Waals surface area contributed by atoms with Crippen molar-refractivity contribution in [1.82, 2.24) is 9.88 Å². The second kappa shape index (κ2) is 5.77. The Morgan fingerprint density at radius 3 is 2.71 bits per heavy atom. The van der Waals surface area contributed by atoms with Crippen molar-refractivity contribution in [2.24, 2.45) is 0 Å². The van der Waals surface area contributed by atoms with Gasteiger partial charge >= 0.3 is 5.97 Å². The number of carboxylic acid groups (broad SMARTS) is 1. The number of nitrogens with one attached hydrogen (secondary N) is 1. The molecule has 1 aromatic heterocycles. The molecule has 0 aliphatic rings. The van der Waals surface area contributed by atoms with Gasteiger partial charge in [-0.25, -0.2) is 4.79 Å². The first-order valence-electron chi connectivity index (χ1n) is 6.64. The lowest BCUT2D eigenvalue weighted by Gasteiger charge is -2.24. The summed E-state index contributed by atoms with van der Waals surface area (Å²) in [6.45, 7) is 3.27. The Hall–Kier alpha value is -2.01. The molecule has 0 aliphatic heterocycles. The van der Waals surface area contributed by atoms with Crippen molar-refractivity contribution >= 4 is 34.4 Å². The molecule has 5 nitrogen and oxygen atoms in total. The number of carbonyl (C=O) groups excluding carboxylic acids is 1.